The number of hydrogen-bond acceptors (Lipinski definition) is 3. The van der Waals surface area contributed by atoms with Gasteiger partial charge in [-0.25, -0.2) is 4.98 Å². The second-order valence-electron chi connectivity index (χ2n) is 4.34. The number of aromatic nitrogens is 1. The molecular formula is C12H17N3O. The first-order chi connectivity index (χ1) is 7.59. The van der Waals surface area contributed by atoms with Crippen molar-refractivity contribution in [2.45, 2.75) is 32.7 Å². The van der Waals surface area contributed by atoms with Crippen molar-refractivity contribution in [3.8, 4) is 0 Å². The Morgan fingerprint density at radius 1 is 1.62 bits per heavy atom. The molecular weight excluding hydrogens is 202 g/mol. The van der Waals surface area contributed by atoms with Gasteiger partial charge < -0.3 is 10.6 Å². The van der Waals surface area contributed by atoms with Gasteiger partial charge in [0.2, 0.25) is 5.91 Å². The summed E-state index contributed by atoms with van der Waals surface area (Å²) in [6, 6.07) is 2.05. The Morgan fingerprint density at radius 3 is 3.00 bits per heavy atom. The predicted molar refractivity (Wildman–Crippen MR) is 62.7 cm³/mol. The van der Waals surface area contributed by atoms with E-state index in [-0.39, 0.29) is 11.9 Å². The van der Waals surface area contributed by atoms with Crippen LogP contribution in [0, 0.1) is 6.92 Å². The van der Waals surface area contributed by atoms with Crippen molar-refractivity contribution in [1.29, 1.82) is 0 Å². The lowest BCUT2D eigenvalue weighted by molar-refractivity contribution is -0.129. The zero-order chi connectivity index (χ0) is 11.7. The minimum absolute atomic E-state index is 0.138. The molecule has 1 atom stereocenters. The van der Waals surface area contributed by atoms with Crippen LogP contribution in [0.25, 0.3) is 0 Å². The van der Waals surface area contributed by atoms with Gasteiger partial charge in [0.25, 0.3) is 0 Å². The molecule has 0 spiro atoms. The fourth-order valence-corrected chi connectivity index (χ4v) is 2.40. The molecule has 1 aliphatic rings. The van der Waals surface area contributed by atoms with E-state index in [4.69, 9.17) is 5.73 Å². The molecule has 2 heterocycles. The smallest absolute Gasteiger partial charge is 0.219 e. The second-order valence-corrected chi connectivity index (χ2v) is 4.34. The first kappa shape index (κ1) is 10.9. The van der Waals surface area contributed by atoms with Gasteiger partial charge in [-0.1, -0.05) is 0 Å². The van der Waals surface area contributed by atoms with Crippen LogP contribution in [0.4, 0.5) is 5.82 Å². The number of carbonyl (C=O) groups is 1. The number of rotatable bonds is 1. The predicted octanol–water partition coefficient (Wildman–Crippen LogP) is 1.66. The molecule has 0 aliphatic carbocycles. The van der Waals surface area contributed by atoms with Gasteiger partial charge in [0.15, 0.2) is 0 Å². The topological polar surface area (TPSA) is 59.2 Å². The second kappa shape index (κ2) is 4.12. The number of nitrogen functional groups attached to an aromatic ring is 1. The van der Waals surface area contributed by atoms with Gasteiger partial charge >= 0.3 is 0 Å². The van der Waals surface area contributed by atoms with Crippen molar-refractivity contribution in [2.24, 2.45) is 0 Å². The van der Waals surface area contributed by atoms with Gasteiger partial charge in [-0.2, -0.15) is 0 Å². The van der Waals surface area contributed by atoms with Crippen molar-refractivity contribution >= 4 is 11.7 Å². The van der Waals surface area contributed by atoms with Crippen LogP contribution in [0.2, 0.25) is 0 Å². The number of nitrogens with zero attached hydrogens (tertiary/aromatic N) is 2. The maximum Gasteiger partial charge on any atom is 0.219 e. The van der Waals surface area contributed by atoms with Gasteiger partial charge in [0, 0.05) is 19.7 Å². The molecule has 1 aromatic rings. The molecule has 86 valence electrons. The molecule has 1 fully saturated rings. The molecule has 0 unspecified atom stereocenters. The Hall–Kier alpha value is -1.58. The zero-order valence-electron chi connectivity index (χ0n) is 9.73. The maximum absolute atomic E-state index is 11.5. The summed E-state index contributed by atoms with van der Waals surface area (Å²) in [5.74, 6) is 0.673. The largest absolute Gasteiger partial charge is 0.384 e. The SMILES string of the molecule is CC(=O)N1CCC[C@H]1c1cnc(N)cc1C. The number of likely N-dealkylation sites (tertiary alicyclic amines) is 1. The van der Waals surface area contributed by atoms with E-state index in [1.807, 2.05) is 17.9 Å². The summed E-state index contributed by atoms with van der Waals surface area (Å²) in [7, 11) is 0. The quantitative estimate of drug-likeness (QED) is 0.781. The fourth-order valence-electron chi connectivity index (χ4n) is 2.40. The average molecular weight is 219 g/mol. The summed E-state index contributed by atoms with van der Waals surface area (Å²) in [5.41, 5.74) is 7.87. The summed E-state index contributed by atoms with van der Waals surface area (Å²) in [4.78, 5) is 17.5. The molecule has 1 saturated heterocycles. The Morgan fingerprint density at radius 2 is 2.38 bits per heavy atom. The third kappa shape index (κ3) is 1.87. The Kier molecular flexibility index (Phi) is 2.81. The summed E-state index contributed by atoms with van der Waals surface area (Å²) in [5, 5.41) is 0. The summed E-state index contributed by atoms with van der Waals surface area (Å²) in [6.07, 6.45) is 3.89. The van der Waals surface area contributed by atoms with Crippen molar-refractivity contribution < 1.29 is 4.79 Å². The number of carbonyl (C=O) groups excluding carboxylic acids is 1. The van der Waals surface area contributed by atoms with Gasteiger partial charge in [-0.15, -0.1) is 0 Å². The highest BCUT2D eigenvalue weighted by molar-refractivity contribution is 5.74. The lowest BCUT2D eigenvalue weighted by Gasteiger charge is -2.24. The zero-order valence-corrected chi connectivity index (χ0v) is 9.73. The van der Waals surface area contributed by atoms with E-state index >= 15 is 0 Å². The van der Waals surface area contributed by atoms with Gasteiger partial charge in [-0.05, 0) is 37.0 Å². The Labute approximate surface area is 95.5 Å². The van der Waals surface area contributed by atoms with Gasteiger partial charge in [-0.3, -0.25) is 4.79 Å². The highest BCUT2D eigenvalue weighted by Gasteiger charge is 2.28. The van der Waals surface area contributed by atoms with Crippen LogP contribution < -0.4 is 5.73 Å². The van der Waals surface area contributed by atoms with E-state index in [2.05, 4.69) is 4.98 Å². The lowest BCUT2D eigenvalue weighted by Crippen LogP contribution is -2.28. The molecule has 16 heavy (non-hydrogen) atoms. The number of aryl methyl sites for hydroxylation is 1. The standard InChI is InChI=1S/C12H17N3O/c1-8-6-12(13)14-7-10(8)11-4-3-5-15(11)9(2)16/h6-7,11H,3-5H2,1-2H3,(H2,13,14)/t11-/m0/s1. The normalized spacial score (nSPS) is 20.1. The molecule has 2 rings (SSSR count). The molecule has 0 bridgehead atoms. The number of anilines is 1. The molecule has 4 heteroatoms. The van der Waals surface area contributed by atoms with Crippen LogP contribution in [-0.2, 0) is 4.79 Å². The molecule has 4 nitrogen and oxygen atoms in total. The number of pyridine rings is 1. The van der Waals surface area contributed by atoms with Crippen molar-refractivity contribution in [3.05, 3.63) is 23.4 Å². The maximum atomic E-state index is 11.5. The van der Waals surface area contributed by atoms with E-state index in [9.17, 15) is 4.79 Å². The molecule has 0 saturated carbocycles. The Bertz CT molecular complexity index is 417. The van der Waals surface area contributed by atoms with Crippen LogP contribution in [0.3, 0.4) is 0 Å². The molecule has 1 amide bonds. The van der Waals surface area contributed by atoms with Crippen LogP contribution in [-0.4, -0.2) is 22.3 Å². The Balaban J connectivity index is 2.32. The number of hydrogen-bond donors (Lipinski definition) is 1. The first-order valence-corrected chi connectivity index (χ1v) is 5.59. The van der Waals surface area contributed by atoms with Crippen LogP contribution in [0.5, 0.6) is 0 Å². The first-order valence-electron chi connectivity index (χ1n) is 5.59. The molecule has 1 aliphatic heterocycles. The van der Waals surface area contributed by atoms with Gasteiger partial charge in [0.05, 0.1) is 6.04 Å². The monoisotopic (exact) mass is 219 g/mol. The van der Waals surface area contributed by atoms with Crippen molar-refractivity contribution in [3.63, 3.8) is 0 Å². The molecule has 0 radical (unpaired) electrons. The molecule has 2 N–H and O–H groups in total. The summed E-state index contributed by atoms with van der Waals surface area (Å²) < 4.78 is 0. The van der Waals surface area contributed by atoms with E-state index in [1.54, 1.807) is 13.1 Å². The van der Waals surface area contributed by atoms with E-state index in [0.29, 0.717) is 5.82 Å². The molecule has 1 aromatic heterocycles. The van der Waals surface area contributed by atoms with Crippen LogP contribution in [0.1, 0.15) is 36.9 Å². The third-order valence-corrected chi connectivity index (χ3v) is 3.19. The average Bonchev–Trinajstić information content (AvgIpc) is 2.66. The van der Waals surface area contributed by atoms with Crippen LogP contribution >= 0.6 is 0 Å². The van der Waals surface area contributed by atoms with Crippen molar-refractivity contribution in [1.82, 2.24) is 9.88 Å². The summed E-state index contributed by atoms with van der Waals surface area (Å²) >= 11 is 0. The van der Waals surface area contributed by atoms with Gasteiger partial charge in [0.1, 0.15) is 5.82 Å². The highest BCUT2D eigenvalue weighted by atomic mass is 16.2. The third-order valence-electron chi connectivity index (χ3n) is 3.19. The van der Waals surface area contributed by atoms with E-state index in [0.717, 1.165) is 30.5 Å². The number of amides is 1. The van der Waals surface area contributed by atoms with Crippen molar-refractivity contribution in [2.75, 3.05) is 12.3 Å². The van der Waals surface area contributed by atoms with E-state index in [1.165, 1.54) is 0 Å². The summed E-state index contributed by atoms with van der Waals surface area (Å²) in [6.45, 7) is 4.49. The number of nitrogens with two attached hydrogens (primary N) is 1. The minimum Gasteiger partial charge on any atom is -0.384 e. The highest BCUT2D eigenvalue weighted by Crippen LogP contribution is 2.33. The molecule has 0 aromatic carbocycles. The lowest BCUT2D eigenvalue weighted by atomic mass is 10.0. The minimum atomic E-state index is 0.138. The van der Waals surface area contributed by atoms with E-state index < -0.39 is 0 Å². The fraction of sp³-hybridized carbons (Fsp3) is 0.500. The van der Waals surface area contributed by atoms with Crippen LogP contribution in [0.15, 0.2) is 12.3 Å².